The Labute approximate surface area is 270 Å². The van der Waals surface area contributed by atoms with Crippen LogP contribution < -0.4 is 26.8 Å². The highest BCUT2D eigenvalue weighted by molar-refractivity contribution is 5.99. The third-order valence-electron chi connectivity index (χ3n) is 7.31. The maximum Gasteiger partial charge on any atom is 0.293 e. The van der Waals surface area contributed by atoms with Crippen LogP contribution >= 0.6 is 0 Å². The molecule has 0 saturated carbocycles. The van der Waals surface area contributed by atoms with Crippen molar-refractivity contribution < 1.29 is 27.8 Å². The molecule has 2 aromatic carbocycles. The zero-order chi connectivity index (χ0) is 34.4. The Bertz CT molecular complexity index is 1470. The number of allylic oxidation sites excluding steroid dienone is 3. The summed E-state index contributed by atoms with van der Waals surface area (Å²) in [5.74, 6) is -2.41. The molecule has 6 N–H and O–H groups in total. The van der Waals surface area contributed by atoms with E-state index in [1.165, 1.54) is 13.2 Å². The van der Waals surface area contributed by atoms with Crippen molar-refractivity contribution in [2.24, 2.45) is 10.7 Å². The molecule has 12 heteroatoms. The number of halogens is 2. The molecule has 2 aromatic rings. The van der Waals surface area contributed by atoms with Crippen molar-refractivity contribution >= 4 is 29.9 Å². The van der Waals surface area contributed by atoms with Gasteiger partial charge in [0.15, 0.2) is 0 Å². The number of methoxy groups -OCH3 is 1. The van der Waals surface area contributed by atoms with Crippen LogP contribution in [0.1, 0.15) is 66.7 Å². The minimum Gasteiger partial charge on any atom is -0.495 e. The predicted molar refractivity (Wildman–Crippen MR) is 180 cm³/mol. The molecule has 0 aromatic heterocycles. The summed E-state index contributed by atoms with van der Waals surface area (Å²) in [5.41, 5.74) is 14.4. The highest BCUT2D eigenvalue weighted by atomic mass is 19.3. The molecule has 1 unspecified atom stereocenters. The lowest BCUT2D eigenvalue weighted by Gasteiger charge is -2.38. The lowest BCUT2D eigenvalue weighted by atomic mass is 9.92. The molecule has 0 bridgehead atoms. The summed E-state index contributed by atoms with van der Waals surface area (Å²) in [7, 11) is 5.01. The minimum absolute atomic E-state index is 0.161. The SMILES string of the molecule is C=CC(F)(F)c1cc(C2C(OCC)=C(C)C=C(CCNC(=O)c3cc(C=NCCC)c(N)c(OC)c3)N2C)ccc1NC.NC=O. The standard InChI is InChI=1S/C33H43F2N5O3.CH3NO/c1-8-14-38-20-24-17-23(19-28(42-7)29(24)36)32(41)39-15-13-25-16-21(4)31(43-10-3)30(40(25)6)22-11-12-27(37-5)26(18-22)33(34,35)9-2;2-1-3/h9,11-12,16-20,30,37H,2,8,10,13-15,36H2,1,3-7H3,(H,39,41);1H,(H2,2,3). The second-order valence-electron chi connectivity index (χ2n) is 10.4. The number of carbonyl (C=O) groups excluding carboxylic acids is 2. The molecule has 1 heterocycles. The van der Waals surface area contributed by atoms with E-state index in [2.05, 4.69) is 27.9 Å². The fourth-order valence-corrected chi connectivity index (χ4v) is 5.04. The fraction of sp³-hybridized carbons (Fsp3) is 0.382. The van der Waals surface area contributed by atoms with E-state index in [0.717, 1.165) is 17.7 Å². The van der Waals surface area contributed by atoms with Crippen molar-refractivity contribution in [1.82, 2.24) is 10.2 Å². The van der Waals surface area contributed by atoms with Crippen LogP contribution in [0.5, 0.6) is 5.75 Å². The van der Waals surface area contributed by atoms with Gasteiger partial charge >= 0.3 is 0 Å². The van der Waals surface area contributed by atoms with Crippen molar-refractivity contribution in [1.29, 1.82) is 0 Å². The molecule has 10 nitrogen and oxygen atoms in total. The largest absolute Gasteiger partial charge is 0.495 e. The van der Waals surface area contributed by atoms with Crippen LogP contribution in [0, 0.1) is 0 Å². The monoisotopic (exact) mass is 640 g/mol. The van der Waals surface area contributed by atoms with Crippen LogP contribution in [-0.2, 0) is 15.5 Å². The number of nitrogens with zero attached hydrogens (tertiary/aromatic N) is 2. The minimum atomic E-state index is -3.22. The number of alkyl halides is 2. The second kappa shape index (κ2) is 17.6. The van der Waals surface area contributed by atoms with E-state index >= 15 is 0 Å². The number of nitrogen functional groups attached to an aromatic ring is 1. The van der Waals surface area contributed by atoms with Crippen LogP contribution in [0.3, 0.4) is 0 Å². The van der Waals surface area contributed by atoms with E-state index in [-0.39, 0.29) is 17.9 Å². The number of anilines is 2. The van der Waals surface area contributed by atoms with Gasteiger partial charge in [0.2, 0.25) is 6.41 Å². The quantitative estimate of drug-likeness (QED) is 0.0920. The topological polar surface area (TPSA) is 144 Å². The number of carbonyl (C=O) groups is 2. The van der Waals surface area contributed by atoms with E-state index < -0.39 is 12.0 Å². The first-order valence-electron chi connectivity index (χ1n) is 15.0. The molecular weight excluding hydrogens is 594 g/mol. The van der Waals surface area contributed by atoms with Crippen molar-refractivity contribution in [2.45, 2.75) is 45.6 Å². The Morgan fingerprint density at radius 3 is 2.52 bits per heavy atom. The number of rotatable bonds is 14. The summed E-state index contributed by atoms with van der Waals surface area (Å²) in [6, 6.07) is 7.84. The number of aliphatic imine (C=N–C) groups is 1. The number of hydrogen-bond acceptors (Lipinski definition) is 8. The summed E-state index contributed by atoms with van der Waals surface area (Å²) < 4.78 is 41.1. The van der Waals surface area contributed by atoms with Gasteiger partial charge in [-0.3, -0.25) is 14.6 Å². The van der Waals surface area contributed by atoms with Crippen LogP contribution in [0.4, 0.5) is 20.2 Å². The first kappa shape index (κ1) is 37.3. The molecule has 3 rings (SSSR count). The fourth-order valence-electron chi connectivity index (χ4n) is 5.04. The number of likely N-dealkylation sites (N-methyl/N-ethyl adjacent to an activating group) is 1. The number of benzene rings is 2. The van der Waals surface area contributed by atoms with Gasteiger partial charge in [-0.15, -0.1) is 0 Å². The average Bonchev–Trinajstić information content (AvgIpc) is 3.04. The molecule has 0 spiro atoms. The Hall–Kier alpha value is -4.87. The van der Waals surface area contributed by atoms with E-state index in [0.29, 0.717) is 71.8 Å². The Morgan fingerprint density at radius 2 is 1.93 bits per heavy atom. The van der Waals surface area contributed by atoms with E-state index in [9.17, 15) is 13.6 Å². The molecule has 1 aliphatic heterocycles. The van der Waals surface area contributed by atoms with E-state index in [4.69, 9.17) is 20.0 Å². The van der Waals surface area contributed by atoms with Crippen LogP contribution in [-0.4, -0.2) is 64.3 Å². The molecule has 1 atom stereocenters. The highest BCUT2D eigenvalue weighted by Gasteiger charge is 2.34. The van der Waals surface area contributed by atoms with Crippen molar-refractivity contribution in [3.05, 3.63) is 88.3 Å². The van der Waals surface area contributed by atoms with Crippen molar-refractivity contribution in [2.75, 3.05) is 52.0 Å². The van der Waals surface area contributed by atoms with Gasteiger partial charge in [0.25, 0.3) is 11.8 Å². The molecule has 250 valence electrons. The van der Waals surface area contributed by atoms with Gasteiger partial charge in [0.1, 0.15) is 17.6 Å². The number of ether oxygens (including phenoxy) is 2. The predicted octanol–water partition coefficient (Wildman–Crippen LogP) is 5.53. The smallest absolute Gasteiger partial charge is 0.293 e. The summed E-state index contributed by atoms with van der Waals surface area (Å²) in [6.45, 7) is 10.6. The van der Waals surface area contributed by atoms with Gasteiger partial charge in [-0.1, -0.05) is 19.6 Å². The lowest BCUT2D eigenvalue weighted by Crippen LogP contribution is -2.33. The van der Waals surface area contributed by atoms with Crippen molar-refractivity contribution in [3.63, 3.8) is 0 Å². The summed E-state index contributed by atoms with van der Waals surface area (Å²) in [5, 5.41) is 5.83. The summed E-state index contributed by atoms with van der Waals surface area (Å²) in [4.78, 5) is 28.1. The molecule has 1 aliphatic rings. The third-order valence-corrected chi connectivity index (χ3v) is 7.31. The lowest BCUT2D eigenvalue weighted by molar-refractivity contribution is -0.106. The Kier molecular flexibility index (Phi) is 14.3. The number of nitrogens with two attached hydrogens (primary N) is 2. The first-order chi connectivity index (χ1) is 21.9. The molecular formula is C34H46F2N6O4. The maximum atomic E-state index is 14.8. The molecule has 2 amide bonds. The normalized spacial score (nSPS) is 14.7. The van der Waals surface area contributed by atoms with E-state index in [1.54, 1.807) is 31.5 Å². The van der Waals surface area contributed by atoms with Gasteiger partial charge in [0, 0.05) is 67.9 Å². The maximum absolute atomic E-state index is 14.8. The third kappa shape index (κ3) is 9.09. The van der Waals surface area contributed by atoms with Crippen LogP contribution in [0.2, 0.25) is 0 Å². The number of hydrogen-bond donors (Lipinski definition) is 4. The first-order valence-corrected chi connectivity index (χ1v) is 15.0. The van der Waals surface area contributed by atoms with Gasteiger partial charge in [-0.25, -0.2) is 0 Å². The molecule has 46 heavy (non-hydrogen) atoms. The van der Waals surface area contributed by atoms with E-state index in [1.807, 2.05) is 44.9 Å². The molecule has 0 fully saturated rings. The number of nitrogens with one attached hydrogen (secondary N) is 2. The van der Waals surface area contributed by atoms with Gasteiger partial charge < -0.3 is 36.5 Å². The Balaban J connectivity index is 0.00000236. The molecule has 0 radical (unpaired) electrons. The van der Waals surface area contributed by atoms with Crippen molar-refractivity contribution in [3.8, 4) is 5.75 Å². The number of amides is 2. The molecule has 0 saturated heterocycles. The van der Waals surface area contributed by atoms with Crippen LogP contribution in [0.25, 0.3) is 0 Å². The highest BCUT2D eigenvalue weighted by Crippen LogP contribution is 2.42. The zero-order valence-electron chi connectivity index (χ0n) is 27.5. The Morgan fingerprint density at radius 1 is 1.24 bits per heavy atom. The summed E-state index contributed by atoms with van der Waals surface area (Å²) in [6.07, 6.45) is 5.95. The average molecular weight is 641 g/mol. The van der Waals surface area contributed by atoms with Gasteiger partial charge in [-0.05, 0) is 67.8 Å². The number of primary amides is 1. The molecule has 0 aliphatic carbocycles. The summed E-state index contributed by atoms with van der Waals surface area (Å²) >= 11 is 0. The van der Waals surface area contributed by atoms with Gasteiger partial charge in [-0.2, -0.15) is 8.78 Å². The zero-order valence-corrected chi connectivity index (χ0v) is 27.5. The second-order valence-corrected chi connectivity index (χ2v) is 10.4. The van der Waals surface area contributed by atoms with Crippen LogP contribution in [0.15, 0.2) is 71.1 Å². The van der Waals surface area contributed by atoms with Gasteiger partial charge in [0.05, 0.1) is 19.4 Å².